The third-order valence-electron chi connectivity index (χ3n) is 2.18. The fourth-order valence-corrected chi connectivity index (χ4v) is 2.86. The van der Waals surface area contributed by atoms with Crippen LogP contribution in [0.1, 0.15) is 5.56 Å². The summed E-state index contributed by atoms with van der Waals surface area (Å²) in [5.74, 6) is 0. The van der Waals surface area contributed by atoms with Gasteiger partial charge in [-0.3, -0.25) is 4.98 Å². The van der Waals surface area contributed by atoms with E-state index in [0.717, 1.165) is 30.9 Å². The molecule has 0 bridgehead atoms. The second-order valence-electron chi connectivity index (χ2n) is 3.49. The molecule has 1 aromatic heterocycles. The van der Waals surface area contributed by atoms with Crippen LogP contribution in [-0.2, 0) is 6.54 Å². The van der Waals surface area contributed by atoms with Crippen molar-refractivity contribution in [3.05, 3.63) is 55.3 Å². The third-order valence-corrected chi connectivity index (χ3v) is 3.74. The number of halogens is 3. The molecule has 2 rings (SSSR count). The van der Waals surface area contributed by atoms with Gasteiger partial charge in [0.05, 0.1) is 0 Å². The summed E-state index contributed by atoms with van der Waals surface area (Å²) in [4.78, 5) is 4.12. The van der Waals surface area contributed by atoms with Gasteiger partial charge in [-0.2, -0.15) is 0 Å². The maximum Gasteiger partial charge on any atom is 0.0479 e. The van der Waals surface area contributed by atoms with Gasteiger partial charge in [0.1, 0.15) is 0 Å². The fraction of sp³-hybridized carbons (Fsp3) is 0.0833. The Labute approximate surface area is 127 Å². The van der Waals surface area contributed by atoms with Crippen molar-refractivity contribution in [2.75, 3.05) is 5.32 Å². The van der Waals surface area contributed by atoms with Crippen LogP contribution in [0.25, 0.3) is 0 Å². The molecule has 1 aromatic carbocycles. The summed E-state index contributed by atoms with van der Waals surface area (Å²) in [7, 11) is 0. The van der Waals surface area contributed by atoms with E-state index in [-0.39, 0.29) is 0 Å². The lowest BCUT2D eigenvalue weighted by molar-refractivity contribution is 1.10. The van der Waals surface area contributed by atoms with Crippen molar-refractivity contribution in [2.24, 2.45) is 0 Å². The Morgan fingerprint density at radius 1 is 1.29 bits per heavy atom. The molecule has 1 heterocycles. The number of hydrogen-bond acceptors (Lipinski definition) is 2. The van der Waals surface area contributed by atoms with Crippen LogP contribution in [0.15, 0.2) is 41.1 Å². The van der Waals surface area contributed by atoms with E-state index < -0.39 is 0 Å². The van der Waals surface area contributed by atoms with E-state index in [4.69, 9.17) is 11.6 Å². The first-order valence-corrected chi connectivity index (χ1v) is 7.18. The monoisotopic (exact) mass is 422 g/mol. The van der Waals surface area contributed by atoms with Crippen molar-refractivity contribution < 1.29 is 0 Å². The number of anilines is 1. The molecule has 0 spiro atoms. The summed E-state index contributed by atoms with van der Waals surface area (Å²) in [5, 5.41) is 4.11. The Hall–Kier alpha value is -0.330. The molecule has 0 saturated carbocycles. The van der Waals surface area contributed by atoms with Crippen LogP contribution in [0.2, 0.25) is 5.02 Å². The van der Waals surface area contributed by atoms with Crippen LogP contribution in [-0.4, -0.2) is 4.98 Å². The molecule has 0 atom stereocenters. The molecule has 0 fully saturated rings. The van der Waals surface area contributed by atoms with Gasteiger partial charge in [0.2, 0.25) is 0 Å². The van der Waals surface area contributed by atoms with E-state index in [1.54, 1.807) is 6.20 Å². The summed E-state index contributed by atoms with van der Waals surface area (Å²) < 4.78 is 2.10. The Kier molecular flexibility index (Phi) is 4.64. The Bertz CT molecular complexity index is 534. The average Bonchev–Trinajstić information content (AvgIpc) is 2.28. The second kappa shape index (κ2) is 6.02. The topological polar surface area (TPSA) is 24.9 Å². The molecule has 1 N–H and O–H groups in total. The predicted octanol–water partition coefficient (Wildman–Crippen LogP) is 4.71. The normalized spacial score (nSPS) is 10.3. The van der Waals surface area contributed by atoms with Crippen LogP contribution in [0.4, 0.5) is 5.69 Å². The number of rotatable bonds is 3. The molecule has 2 nitrogen and oxygen atoms in total. The summed E-state index contributed by atoms with van der Waals surface area (Å²) in [6.45, 7) is 0.740. The third kappa shape index (κ3) is 3.82. The Morgan fingerprint density at radius 2 is 2.12 bits per heavy atom. The number of aromatic nitrogens is 1. The molecule has 0 aliphatic rings. The van der Waals surface area contributed by atoms with Gasteiger partial charge in [0.25, 0.3) is 0 Å². The highest BCUT2D eigenvalue weighted by Gasteiger charge is 2.01. The van der Waals surface area contributed by atoms with E-state index in [1.165, 1.54) is 0 Å². The zero-order chi connectivity index (χ0) is 12.3. The standard InChI is InChI=1S/C12H9BrClIN2/c13-9-3-8(5-16-7-9)6-17-12-2-1-10(14)4-11(12)15/h1-5,7,17H,6H2. The number of nitrogens with one attached hydrogen (secondary N) is 1. The van der Waals surface area contributed by atoms with Gasteiger partial charge in [0, 0.05) is 37.7 Å². The molecule has 0 aliphatic heterocycles. The van der Waals surface area contributed by atoms with Crippen LogP contribution in [0, 0.1) is 3.57 Å². The number of pyridine rings is 1. The van der Waals surface area contributed by atoms with Crippen molar-refractivity contribution in [1.29, 1.82) is 0 Å². The van der Waals surface area contributed by atoms with Crippen molar-refractivity contribution in [2.45, 2.75) is 6.54 Å². The molecule has 0 amide bonds. The van der Waals surface area contributed by atoms with Gasteiger partial charge < -0.3 is 5.32 Å². The van der Waals surface area contributed by atoms with Crippen LogP contribution in [0.3, 0.4) is 0 Å². The van der Waals surface area contributed by atoms with Gasteiger partial charge in [-0.15, -0.1) is 0 Å². The number of hydrogen-bond donors (Lipinski definition) is 1. The molecular formula is C12H9BrClIN2. The molecule has 88 valence electrons. The summed E-state index contributed by atoms with van der Waals surface area (Å²) >= 11 is 11.6. The smallest absolute Gasteiger partial charge is 0.0479 e. The van der Waals surface area contributed by atoms with Gasteiger partial charge >= 0.3 is 0 Å². The van der Waals surface area contributed by atoms with Crippen LogP contribution < -0.4 is 5.32 Å². The molecule has 2 aromatic rings. The van der Waals surface area contributed by atoms with E-state index >= 15 is 0 Å². The Morgan fingerprint density at radius 3 is 2.82 bits per heavy atom. The van der Waals surface area contributed by atoms with E-state index in [0.29, 0.717) is 0 Å². The second-order valence-corrected chi connectivity index (χ2v) is 6.00. The SMILES string of the molecule is Clc1ccc(NCc2cncc(Br)c2)c(I)c1. The molecule has 5 heteroatoms. The van der Waals surface area contributed by atoms with Gasteiger partial charge in [0.15, 0.2) is 0 Å². The van der Waals surface area contributed by atoms with Crippen molar-refractivity contribution in [3.63, 3.8) is 0 Å². The first-order chi connectivity index (χ1) is 8.15. The zero-order valence-electron chi connectivity index (χ0n) is 8.75. The van der Waals surface area contributed by atoms with E-state index in [2.05, 4.69) is 48.8 Å². The van der Waals surface area contributed by atoms with Gasteiger partial charge in [-0.1, -0.05) is 11.6 Å². The summed E-state index contributed by atoms with van der Waals surface area (Å²) in [6, 6.07) is 7.84. The van der Waals surface area contributed by atoms with Crippen molar-refractivity contribution in [1.82, 2.24) is 4.98 Å². The average molecular weight is 423 g/mol. The summed E-state index contributed by atoms with van der Waals surface area (Å²) in [6.07, 6.45) is 3.62. The molecule has 17 heavy (non-hydrogen) atoms. The maximum absolute atomic E-state index is 5.91. The lowest BCUT2D eigenvalue weighted by atomic mass is 10.2. The predicted molar refractivity (Wildman–Crippen MR) is 83.4 cm³/mol. The molecular weight excluding hydrogens is 414 g/mol. The minimum Gasteiger partial charge on any atom is -0.380 e. The minimum absolute atomic E-state index is 0.740. The quantitative estimate of drug-likeness (QED) is 0.723. The number of benzene rings is 1. The fourth-order valence-electron chi connectivity index (χ4n) is 1.38. The molecule has 0 unspecified atom stereocenters. The van der Waals surface area contributed by atoms with E-state index in [9.17, 15) is 0 Å². The van der Waals surface area contributed by atoms with Gasteiger partial charge in [-0.25, -0.2) is 0 Å². The maximum atomic E-state index is 5.91. The molecule has 0 aliphatic carbocycles. The van der Waals surface area contributed by atoms with Gasteiger partial charge in [-0.05, 0) is 68.3 Å². The lowest BCUT2D eigenvalue weighted by Crippen LogP contribution is -2.01. The number of nitrogens with zero attached hydrogens (tertiary/aromatic N) is 1. The molecule has 0 saturated heterocycles. The highest BCUT2D eigenvalue weighted by atomic mass is 127. The molecule has 0 radical (unpaired) electrons. The lowest BCUT2D eigenvalue weighted by Gasteiger charge is -2.08. The largest absolute Gasteiger partial charge is 0.380 e. The first-order valence-electron chi connectivity index (χ1n) is 4.93. The van der Waals surface area contributed by atoms with Crippen molar-refractivity contribution >= 4 is 55.8 Å². The summed E-state index contributed by atoms with van der Waals surface area (Å²) in [5.41, 5.74) is 2.21. The Balaban J connectivity index is 2.07. The van der Waals surface area contributed by atoms with Crippen molar-refractivity contribution in [3.8, 4) is 0 Å². The van der Waals surface area contributed by atoms with Crippen LogP contribution in [0.5, 0.6) is 0 Å². The zero-order valence-corrected chi connectivity index (χ0v) is 13.3. The highest BCUT2D eigenvalue weighted by molar-refractivity contribution is 14.1. The first kappa shape index (κ1) is 13.1. The minimum atomic E-state index is 0.740. The highest BCUT2D eigenvalue weighted by Crippen LogP contribution is 2.23. The van der Waals surface area contributed by atoms with E-state index in [1.807, 2.05) is 30.5 Å². The van der Waals surface area contributed by atoms with Crippen LogP contribution >= 0.6 is 50.1 Å².